The van der Waals surface area contributed by atoms with Gasteiger partial charge in [-0.25, -0.2) is 4.79 Å². The number of ketones is 3. The van der Waals surface area contributed by atoms with Crippen LogP contribution in [-0.4, -0.2) is 125 Å². The number of hydrogen-bond donors (Lipinski definition) is 5. The molecule has 2 amide bonds. The standard InChI is InChI=1S/C51H60N4O15/c1-25-13-12-14-26(2)49(62)53-39-40(55-18-21-66-22-19-55)45(60)36-37(44(39)59)43(58)30(6)47-38(36)48(61)51(7,69-47)67-20-17-34(64-8)27(3)46(29(5)42(57)28(4)41(25)56)68-50(63)52-24-31-23-33(54-70-31)32-15-10-11-16-35(32)65-9/h10-17,20,23,25,27-29,34,41-42,46,56-58H,18-19,21-22,24H2,1-9H3,(H,52,63)(H,53,62)/b13-12+,20-17+,26-14-/t25-,27+,28+,29+,34-,41-,42+,46+,51-/m0/s1. The van der Waals surface area contributed by atoms with Crippen molar-refractivity contribution in [3.63, 3.8) is 0 Å². The average molecular weight is 969 g/mol. The van der Waals surface area contributed by atoms with E-state index in [9.17, 15) is 39.3 Å². The Morgan fingerprint density at radius 3 is 2.36 bits per heavy atom. The van der Waals surface area contributed by atoms with Gasteiger partial charge in [-0.1, -0.05) is 63.2 Å². The number of alkyl carbamates (subject to hydrolysis) is 1. The maximum absolute atomic E-state index is 14.8. The molecule has 5 N–H and O–H groups in total. The predicted molar refractivity (Wildman–Crippen MR) is 251 cm³/mol. The topological polar surface area (TPSA) is 255 Å². The van der Waals surface area contributed by atoms with E-state index in [2.05, 4.69) is 15.8 Å². The Morgan fingerprint density at radius 2 is 1.66 bits per heavy atom. The van der Waals surface area contributed by atoms with E-state index in [4.69, 9.17) is 32.9 Å². The van der Waals surface area contributed by atoms with E-state index in [1.165, 1.54) is 47.1 Å². The van der Waals surface area contributed by atoms with Crippen LogP contribution < -0.4 is 20.1 Å². The molecule has 374 valence electrons. The summed E-state index contributed by atoms with van der Waals surface area (Å²) in [5.41, 5.74) is -0.456. The first-order valence-electron chi connectivity index (χ1n) is 23.1. The molecule has 0 unspecified atom stereocenters. The van der Waals surface area contributed by atoms with E-state index in [0.29, 0.717) is 22.8 Å². The zero-order valence-corrected chi connectivity index (χ0v) is 40.6. The fourth-order valence-corrected chi connectivity index (χ4v) is 9.28. The van der Waals surface area contributed by atoms with Gasteiger partial charge in [0, 0.05) is 73.6 Å². The maximum atomic E-state index is 14.8. The number of aromatic hydroxyl groups is 1. The molecule has 5 bridgehead atoms. The van der Waals surface area contributed by atoms with Crippen LogP contribution in [0.15, 0.2) is 82.4 Å². The number of phenols is 1. The number of methoxy groups -OCH3 is 2. The summed E-state index contributed by atoms with van der Waals surface area (Å²) in [7, 11) is 2.95. The number of Topliss-reactive ketones (excluding diaryl/α,β-unsaturated/α-hetero) is 3. The van der Waals surface area contributed by atoms with Crippen molar-refractivity contribution in [1.82, 2.24) is 20.7 Å². The largest absolute Gasteiger partial charge is 0.507 e. The highest BCUT2D eigenvalue weighted by molar-refractivity contribution is 6.32. The number of nitrogens with one attached hydrogen (secondary N) is 2. The van der Waals surface area contributed by atoms with Crippen LogP contribution in [-0.2, 0) is 30.3 Å². The van der Waals surface area contributed by atoms with Crippen molar-refractivity contribution in [2.24, 2.45) is 23.7 Å². The third-order valence-corrected chi connectivity index (χ3v) is 13.5. The van der Waals surface area contributed by atoms with E-state index in [1.807, 2.05) is 18.2 Å². The van der Waals surface area contributed by atoms with E-state index >= 15 is 0 Å². The molecular formula is C51H60N4O15. The number of carbonyl (C=O) groups excluding carboxylic acids is 5. The van der Waals surface area contributed by atoms with Crippen LogP contribution in [0.2, 0.25) is 0 Å². The van der Waals surface area contributed by atoms with Crippen LogP contribution in [0.25, 0.3) is 11.3 Å². The van der Waals surface area contributed by atoms with Crippen LogP contribution >= 0.6 is 0 Å². The Balaban J connectivity index is 1.24. The first kappa shape index (κ1) is 51.1. The van der Waals surface area contributed by atoms with Crippen molar-refractivity contribution in [1.29, 1.82) is 0 Å². The van der Waals surface area contributed by atoms with E-state index < -0.39 is 100 Å². The van der Waals surface area contributed by atoms with Crippen molar-refractivity contribution in [2.75, 3.05) is 40.5 Å². The molecule has 4 aliphatic heterocycles. The normalized spacial score (nSPS) is 29.4. The molecule has 0 saturated carbocycles. The first-order valence-corrected chi connectivity index (χ1v) is 23.1. The molecule has 1 saturated heterocycles. The predicted octanol–water partition coefficient (Wildman–Crippen LogP) is 5.32. The highest BCUT2D eigenvalue weighted by Crippen LogP contribution is 2.49. The van der Waals surface area contributed by atoms with Gasteiger partial charge in [-0.3, -0.25) is 19.2 Å². The number of hydrogen-bond acceptors (Lipinski definition) is 17. The summed E-state index contributed by atoms with van der Waals surface area (Å²) in [4.78, 5) is 73.0. The molecule has 2 aromatic carbocycles. The number of para-hydroxylation sites is 1. The zero-order chi connectivity index (χ0) is 50.8. The summed E-state index contributed by atoms with van der Waals surface area (Å²) in [5.74, 6) is -8.26. The second-order valence-electron chi connectivity index (χ2n) is 18.1. The molecule has 0 radical (unpaired) electrons. The average Bonchev–Trinajstić information content (AvgIpc) is 3.94. The number of nitrogens with zero attached hydrogens (tertiary/aromatic N) is 2. The van der Waals surface area contributed by atoms with E-state index in [0.717, 1.165) is 6.26 Å². The number of morpholine rings is 1. The van der Waals surface area contributed by atoms with E-state index in [-0.39, 0.29) is 66.7 Å². The second-order valence-corrected chi connectivity index (χ2v) is 18.1. The van der Waals surface area contributed by atoms with Gasteiger partial charge in [-0.05, 0) is 32.1 Å². The summed E-state index contributed by atoms with van der Waals surface area (Å²) in [6.45, 7) is 11.7. The molecule has 1 fully saturated rings. The third-order valence-electron chi connectivity index (χ3n) is 13.5. The Bertz CT molecular complexity index is 2660. The number of ether oxygens (including phenoxy) is 6. The first-order chi connectivity index (χ1) is 33.3. The fourth-order valence-electron chi connectivity index (χ4n) is 9.28. The molecule has 0 spiro atoms. The van der Waals surface area contributed by atoms with Crippen LogP contribution in [0.5, 0.6) is 17.2 Å². The molecule has 3 aromatic rings. The SMILES string of the molecule is COc1ccccc1-c1cc(CNC(=O)O[C@H]2[C@H](C)[C@H](O)[C@H](C)[C@@H](O)[C@@H](C)/C=C/C=C(/C)C(=O)NC3=C(N4CCOCC4)C(=O)c4c(c(O)c(C)c5c4C(=O)[C@@](C)(O/C=C/[C@H](OC)[C@H]2C)O5)C3=O)on1. The van der Waals surface area contributed by atoms with Gasteiger partial charge < -0.3 is 63.8 Å². The van der Waals surface area contributed by atoms with Gasteiger partial charge in [0.15, 0.2) is 5.76 Å². The van der Waals surface area contributed by atoms with Crippen molar-refractivity contribution in [3.05, 3.63) is 106 Å². The second kappa shape index (κ2) is 21.1. The fraction of sp³-hybridized carbons (Fsp3) is 0.451. The Hall–Kier alpha value is -6.80. The van der Waals surface area contributed by atoms with Gasteiger partial charge in [0.1, 0.15) is 40.4 Å². The van der Waals surface area contributed by atoms with Gasteiger partial charge >= 0.3 is 11.9 Å². The van der Waals surface area contributed by atoms with Crippen molar-refractivity contribution in [2.45, 2.75) is 85.2 Å². The molecule has 8 rings (SSSR count). The number of aliphatic hydroxyl groups excluding tert-OH is 2. The minimum absolute atomic E-state index is 0.0216. The summed E-state index contributed by atoms with van der Waals surface area (Å²) >= 11 is 0. The highest BCUT2D eigenvalue weighted by Gasteiger charge is 2.53. The molecule has 19 heteroatoms. The van der Waals surface area contributed by atoms with Gasteiger partial charge in [0.05, 0.1) is 68.1 Å². The summed E-state index contributed by atoms with van der Waals surface area (Å²) < 4.78 is 40.6. The van der Waals surface area contributed by atoms with Gasteiger partial charge in [-0.15, -0.1) is 0 Å². The molecule has 9 atom stereocenters. The minimum atomic E-state index is -2.13. The third kappa shape index (κ3) is 9.83. The zero-order valence-electron chi connectivity index (χ0n) is 40.6. The highest BCUT2D eigenvalue weighted by atomic mass is 16.7. The molecule has 5 aliphatic rings. The smallest absolute Gasteiger partial charge is 0.407 e. The Labute approximate surface area is 405 Å². The summed E-state index contributed by atoms with van der Waals surface area (Å²) in [6, 6.07) is 8.90. The number of aliphatic hydroxyl groups is 2. The number of carbonyl (C=O) groups is 5. The van der Waals surface area contributed by atoms with Crippen molar-refractivity contribution < 1.29 is 72.2 Å². The Kier molecular flexibility index (Phi) is 15.4. The molecule has 1 aliphatic carbocycles. The molecule has 19 nitrogen and oxygen atoms in total. The summed E-state index contributed by atoms with van der Waals surface area (Å²) in [6.07, 6.45) is 2.00. The van der Waals surface area contributed by atoms with Crippen LogP contribution in [0.3, 0.4) is 0 Å². The lowest BCUT2D eigenvalue weighted by molar-refractivity contribution is -0.116. The lowest BCUT2D eigenvalue weighted by Crippen LogP contribution is -2.47. The Morgan fingerprint density at radius 1 is 0.943 bits per heavy atom. The summed E-state index contributed by atoms with van der Waals surface area (Å²) in [5, 5.41) is 44.5. The van der Waals surface area contributed by atoms with E-state index in [1.54, 1.807) is 56.9 Å². The monoisotopic (exact) mass is 968 g/mol. The lowest BCUT2D eigenvalue weighted by atomic mass is 9.78. The number of fused-ring (bicyclic) bond motifs is 14. The molecule has 1 aromatic heterocycles. The number of phenolic OH excluding ortho intramolecular Hbond substituents is 1. The van der Waals surface area contributed by atoms with Crippen LogP contribution in [0, 0.1) is 30.6 Å². The quantitative estimate of drug-likeness (QED) is 0.201. The van der Waals surface area contributed by atoms with Gasteiger partial charge in [-0.2, -0.15) is 0 Å². The maximum Gasteiger partial charge on any atom is 0.407 e. The molecule has 70 heavy (non-hydrogen) atoms. The number of aromatic nitrogens is 1. The van der Waals surface area contributed by atoms with Crippen LogP contribution in [0.1, 0.15) is 83.9 Å². The van der Waals surface area contributed by atoms with Crippen LogP contribution in [0.4, 0.5) is 4.79 Å². The van der Waals surface area contributed by atoms with Gasteiger partial charge in [0.2, 0.25) is 11.6 Å². The molecular weight excluding hydrogens is 909 g/mol. The van der Waals surface area contributed by atoms with Crippen molar-refractivity contribution in [3.8, 4) is 28.5 Å². The number of benzene rings is 2. The number of rotatable bonds is 7. The van der Waals surface area contributed by atoms with Crippen molar-refractivity contribution >= 4 is 29.4 Å². The molecule has 5 heterocycles. The van der Waals surface area contributed by atoms with Gasteiger partial charge in [0.25, 0.3) is 11.7 Å². The number of allylic oxidation sites excluding steroid dienone is 4. The minimum Gasteiger partial charge on any atom is -0.507 e. The lowest BCUT2D eigenvalue weighted by Gasteiger charge is -2.38. The number of amides is 2.